The van der Waals surface area contributed by atoms with Crippen LogP contribution < -0.4 is 20.7 Å². The van der Waals surface area contributed by atoms with Gasteiger partial charge in [0.05, 0.1) is 0 Å². The van der Waals surface area contributed by atoms with Gasteiger partial charge in [-0.25, -0.2) is 0 Å². The summed E-state index contributed by atoms with van der Waals surface area (Å²) in [5, 5.41) is 5.83. The molecular formula is C36H26Si. The zero-order chi connectivity index (χ0) is 24.7. The molecule has 1 heteroatoms. The highest BCUT2D eigenvalue weighted by atomic mass is 28.3. The molecule has 0 atom stereocenters. The molecule has 0 nitrogen and oxygen atoms in total. The van der Waals surface area contributed by atoms with Gasteiger partial charge in [0.2, 0.25) is 0 Å². The lowest BCUT2D eigenvalue weighted by Crippen LogP contribution is -2.73. The predicted molar refractivity (Wildman–Crippen MR) is 160 cm³/mol. The van der Waals surface area contributed by atoms with Crippen molar-refractivity contribution in [3.63, 3.8) is 0 Å². The quantitative estimate of drug-likeness (QED) is 0.253. The summed E-state index contributed by atoms with van der Waals surface area (Å²) in [5.74, 6) is 0. The Labute approximate surface area is 219 Å². The zero-order valence-electron chi connectivity index (χ0n) is 20.5. The van der Waals surface area contributed by atoms with Crippen molar-refractivity contribution in [3.8, 4) is 33.4 Å². The molecule has 0 N–H and O–H groups in total. The van der Waals surface area contributed by atoms with Crippen LogP contribution in [-0.2, 0) is 0 Å². The summed E-state index contributed by atoms with van der Waals surface area (Å²) in [6.45, 7) is 0. The minimum absolute atomic E-state index is 1.25. The molecule has 174 valence electrons. The highest BCUT2D eigenvalue weighted by molar-refractivity contribution is 7.22. The van der Waals surface area contributed by atoms with Crippen molar-refractivity contribution in [1.82, 2.24) is 0 Å². The molecule has 7 rings (SSSR count). The van der Waals surface area contributed by atoms with Crippen LogP contribution in [0.1, 0.15) is 0 Å². The molecule has 0 amide bonds. The molecule has 0 radical (unpaired) electrons. The second-order valence-corrected chi connectivity index (χ2v) is 13.4. The highest BCUT2D eigenvalue weighted by Crippen LogP contribution is 2.37. The molecule has 1 heterocycles. The van der Waals surface area contributed by atoms with Gasteiger partial charge in [-0.05, 0) is 66.3 Å². The maximum Gasteiger partial charge on any atom is 0.181 e. The molecular weight excluding hydrogens is 460 g/mol. The van der Waals surface area contributed by atoms with Crippen LogP contribution in [0.15, 0.2) is 158 Å². The van der Waals surface area contributed by atoms with Crippen LogP contribution in [-0.4, -0.2) is 8.07 Å². The average molecular weight is 487 g/mol. The van der Waals surface area contributed by atoms with Crippen molar-refractivity contribution in [2.24, 2.45) is 0 Å². The smallest absolute Gasteiger partial charge is 0.0623 e. The lowest BCUT2D eigenvalue weighted by Gasteiger charge is -2.33. The standard InChI is InChI=1S/C36H26Si/c1-5-15-27(16-6-1)29-25-33(28-17-7-2-8-18-28)36-34(26-29)32-23-13-14-24-35(32)37(36,30-19-9-3-10-20-30)31-21-11-4-12-22-31/h1-26H. The first kappa shape index (κ1) is 21.8. The fraction of sp³-hybridized carbons (Fsp3) is 0. The molecule has 0 aromatic heterocycles. The lowest BCUT2D eigenvalue weighted by atomic mass is 9.93. The fourth-order valence-corrected chi connectivity index (χ4v) is 11.6. The Morgan fingerprint density at radius 3 is 1.38 bits per heavy atom. The first-order valence-electron chi connectivity index (χ1n) is 12.9. The van der Waals surface area contributed by atoms with Gasteiger partial charge in [0, 0.05) is 0 Å². The molecule has 0 saturated carbocycles. The first-order valence-corrected chi connectivity index (χ1v) is 14.9. The van der Waals surface area contributed by atoms with Crippen LogP contribution in [0.5, 0.6) is 0 Å². The number of hydrogen-bond donors (Lipinski definition) is 0. The minimum Gasteiger partial charge on any atom is -0.0623 e. The summed E-state index contributed by atoms with van der Waals surface area (Å²) in [6.07, 6.45) is 0. The topological polar surface area (TPSA) is 0 Å². The molecule has 0 bridgehead atoms. The van der Waals surface area contributed by atoms with Gasteiger partial charge >= 0.3 is 0 Å². The van der Waals surface area contributed by atoms with E-state index in [4.69, 9.17) is 0 Å². The molecule has 1 aliphatic rings. The largest absolute Gasteiger partial charge is 0.181 e. The number of hydrogen-bond acceptors (Lipinski definition) is 0. The van der Waals surface area contributed by atoms with Gasteiger partial charge in [-0.15, -0.1) is 0 Å². The fourth-order valence-electron chi connectivity index (χ4n) is 6.22. The Kier molecular flexibility index (Phi) is 5.23. The van der Waals surface area contributed by atoms with Crippen LogP contribution in [0, 0.1) is 0 Å². The Morgan fingerprint density at radius 1 is 0.324 bits per heavy atom. The SMILES string of the molecule is c1ccc(-c2cc(-c3ccccc3)c3c(c2)-c2ccccc2[Si]3(c2ccccc2)c2ccccc2)cc1. The van der Waals surface area contributed by atoms with Crippen LogP contribution in [0.3, 0.4) is 0 Å². The van der Waals surface area contributed by atoms with E-state index in [-0.39, 0.29) is 0 Å². The predicted octanol–water partition coefficient (Wildman–Crippen LogP) is 6.38. The second kappa shape index (κ2) is 8.88. The van der Waals surface area contributed by atoms with Crippen molar-refractivity contribution in [3.05, 3.63) is 158 Å². The normalized spacial score (nSPS) is 13.1. The molecule has 0 spiro atoms. The third-order valence-corrected chi connectivity index (χ3v) is 12.7. The van der Waals surface area contributed by atoms with Gasteiger partial charge in [-0.1, -0.05) is 146 Å². The van der Waals surface area contributed by atoms with E-state index < -0.39 is 8.07 Å². The molecule has 1 aliphatic heterocycles. The molecule has 0 aliphatic carbocycles. The van der Waals surface area contributed by atoms with E-state index in [1.807, 2.05) is 0 Å². The first-order chi connectivity index (χ1) is 18.4. The summed E-state index contributed by atoms with van der Waals surface area (Å²) in [4.78, 5) is 0. The van der Waals surface area contributed by atoms with E-state index in [1.54, 1.807) is 0 Å². The Morgan fingerprint density at radius 2 is 0.784 bits per heavy atom. The average Bonchev–Trinajstić information content (AvgIpc) is 3.30. The highest BCUT2D eigenvalue weighted by Gasteiger charge is 2.50. The Hall–Kier alpha value is -4.46. The van der Waals surface area contributed by atoms with Crippen LogP contribution in [0.25, 0.3) is 33.4 Å². The van der Waals surface area contributed by atoms with Gasteiger partial charge in [0.1, 0.15) is 0 Å². The van der Waals surface area contributed by atoms with E-state index in [1.165, 1.54) is 54.1 Å². The van der Waals surface area contributed by atoms with E-state index in [9.17, 15) is 0 Å². The zero-order valence-corrected chi connectivity index (χ0v) is 21.5. The summed E-state index contributed by atoms with van der Waals surface area (Å²) < 4.78 is 0. The van der Waals surface area contributed by atoms with Gasteiger partial charge in [0.25, 0.3) is 0 Å². The van der Waals surface area contributed by atoms with Crippen molar-refractivity contribution in [2.75, 3.05) is 0 Å². The molecule has 0 unspecified atom stereocenters. The van der Waals surface area contributed by atoms with E-state index in [0.29, 0.717) is 0 Å². The van der Waals surface area contributed by atoms with Crippen molar-refractivity contribution < 1.29 is 0 Å². The maximum absolute atomic E-state index is 2.58. The summed E-state index contributed by atoms with van der Waals surface area (Å²) >= 11 is 0. The van der Waals surface area contributed by atoms with Gasteiger partial charge in [0.15, 0.2) is 8.07 Å². The van der Waals surface area contributed by atoms with Crippen molar-refractivity contribution in [2.45, 2.75) is 0 Å². The van der Waals surface area contributed by atoms with Crippen molar-refractivity contribution >= 4 is 28.8 Å². The Bertz CT molecular complexity index is 1650. The number of fused-ring (bicyclic) bond motifs is 3. The molecule has 37 heavy (non-hydrogen) atoms. The third-order valence-electron chi connectivity index (χ3n) is 7.74. The van der Waals surface area contributed by atoms with Crippen LogP contribution >= 0.6 is 0 Å². The Balaban J connectivity index is 1.68. The maximum atomic E-state index is 2.44. The molecule has 0 fully saturated rings. The monoisotopic (exact) mass is 486 g/mol. The van der Waals surface area contributed by atoms with Crippen LogP contribution in [0.2, 0.25) is 0 Å². The van der Waals surface area contributed by atoms with E-state index in [2.05, 4.69) is 158 Å². The van der Waals surface area contributed by atoms with Crippen molar-refractivity contribution in [1.29, 1.82) is 0 Å². The molecule has 6 aromatic carbocycles. The van der Waals surface area contributed by atoms with E-state index >= 15 is 0 Å². The number of rotatable bonds is 4. The third kappa shape index (κ3) is 3.36. The second-order valence-electron chi connectivity index (χ2n) is 9.71. The minimum atomic E-state index is -2.58. The summed E-state index contributed by atoms with van der Waals surface area (Å²) in [6, 6.07) is 58.2. The molecule has 0 saturated heterocycles. The van der Waals surface area contributed by atoms with Gasteiger partial charge in [-0.2, -0.15) is 0 Å². The summed E-state index contributed by atoms with van der Waals surface area (Å²) in [7, 11) is -2.58. The van der Waals surface area contributed by atoms with Gasteiger partial charge < -0.3 is 0 Å². The molecule has 6 aromatic rings. The van der Waals surface area contributed by atoms with Gasteiger partial charge in [-0.3, -0.25) is 0 Å². The van der Waals surface area contributed by atoms with E-state index in [0.717, 1.165) is 0 Å². The lowest BCUT2D eigenvalue weighted by molar-refractivity contribution is 1.60. The number of benzene rings is 6. The van der Waals surface area contributed by atoms with Crippen LogP contribution in [0.4, 0.5) is 0 Å². The summed E-state index contributed by atoms with van der Waals surface area (Å²) in [5.41, 5.74) is 7.86.